The summed E-state index contributed by atoms with van der Waals surface area (Å²) in [5.41, 5.74) is 6.85. The van der Waals surface area contributed by atoms with E-state index in [0.717, 1.165) is 11.3 Å². The van der Waals surface area contributed by atoms with Crippen LogP contribution in [0.3, 0.4) is 0 Å². The molecule has 0 bridgehead atoms. The first-order chi connectivity index (χ1) is 6.19. The van der Waals surface area contributed by atoms with Gasteiger partial charge in [0.2, 0.25) is 0 Å². The first-order valence-corrected chi connectivity index (χ1v) is 5.39. The fraction of sp³-hybridized carbons (Fsp3) is 0.400. The summed E-state index contributed by atoms with van der Waals surface area (Å²) in [6, 6.07) is 6.12. The number of methoxy groups -OCH3 is 1. The highest BCUT2D eigenvalue weighted by Gasteiger charge is 2.07. The Morgan fingerprint density at radius 3 is 2.62 bits per heavy atom. The summed E-state index contributed by atoms with van der Waals surface area (Å²) in [6.45, 7) is 1.95. The van der Waals surface area contributed by atoms with Crippen LogP contribution in [-0.4, -0.2) is 13.4 Å². The molecule has 1 unspecified atom stereocenters. The monoisotopic (exact) mass is 197 g/mol. The van der Waals surface area contributed by atoms with E-state index in [9.17, 15) is 0 Å². The zero-order chi connectivity index (χ0) is 9.84. The van der Waals surface area contributed by atoms with Crippen LogP contribution >= 0.6 is 11.8 Å². The molecule has 13 heavy (non-hydrogen) atoms. The lowest BCUT2D eigenvalue weighted by Crippen LogP contribution is -2.06. The van der Waals surface area contributed by atoms with Gasteiger partial charge >= 0.3 is 0 Å². The molecule has 0 aromatic heterocycles. The summed E-state index contributed by atoms with van der Waals surface area (Å²) in [6.07, 6.45) is 2.04. The van der Waals surface area contributed by atoms with Gasteiger partial charge in [0.15, 0.2) is 0 Å². The lowest BCUT2D eigenvalue weighted by atomic mass is 10.1. The standard InChI is InChI=1S/C10H15NOS/c1-7(11)9-5-4-8(13-3)6-10(9)12-2/h4-7H,11H2,1-3H3. The third-order valence-corrected chi connectivity index (χ3v) is 2.66. The molecule has 0 aliphatic rings. The molecule has 0 aliphatic heterocycles. The smallest absolute Gasteiger partial charge is 0.124 e. The van der Waals surface area contributed by atoms with E-state index in [4.69, 9.17) is 10.5 Å². The molecule has 0 radical (unpaired) electrons. The van der Waals surface area contributed by atoms with Crippen LogP contribution in [0.2, 0.25) is 0 Å². The highest BCUT2D eigenvalue weighted by molar-refractivity contribution is 7.98. The second-order valence-corrected chi connectivity index (χ2v) is 3.78. The molecule has 2 N–H and O–H groups in total. The van der Waals surface area contributed by atoms with Crippen LogP contribution in [0.5, 0.6) is 5.75 Å². The van der Waals surface area contributed by atoms with Crippen molar-refractivity contribution in [3.05, 3.63) is 23.8 Å². The van der Waals surface area contributed by atoms with Gasteiger partial charge < -0.3 is 10.5 Å². The fourth-order valence-electron chi connectivity index (χ4n) is 1.19. The summed E-state index contributed by atoms with van der Waals surface area (Å²) < 4.78 is 5.26. The van der Waals surface area contributed by atoms with Gasteiger partial charge in [-0.2, -0.15) is 0 Å². The normalized spacial score (nSPS) is 12.6. The van der Waals surface area contributed by atoms with Crippen molar-refractivity contribution < 1.29 is 4.74 Å². The van der Waals surface area contributed by atoms with Crippen molar-refractivity contribution in [2.24, 2.45) is 5.73 Å². The predicted octanol–water partition coefficient (Wildman–Crippen LogP) is 2.44. The quantitative estimate of drug-likeness (QED) is 0.756. The maximum absolute atomic E-state index is 5.79. The Labute approximate surface area is 83.5 Å². The number of hydrogen-bond acceptors (Lipinski definition) is 3. The molecule has 0 saturated carbocycles. The van der Waals surface area contributed by atoms with E-state index in [0.29, 0.717) is 0 Å². The summed E-state index contributed by atoms with van der Waals surface area (Å²) in [7, 11) is 1.67. The minimum atomic E-state index is 0.0193. The van der Waals surface area contributed by atoms with Gasteiger partial charge in [-0.3, -0.25) is 0 Å². The topological polar surface area (TPSA) is 35.2 Å². The molecule has 1 aromatic rings. The summed E-state index contributed by atoms with van der Waals surface area (Å²) in [5.74, 6) is 0.877. The van der Waals surface area contributed by atoms with Crippen LogP contribution < -0.4 is 10.5 Å². The van der Waals surface area contributed by atoms with Gasteiger partial charge in [-0.15, -0.1) is 11.8 Å². The van der Waals surface area contributed by atoms with Gasteiger partial charge in [0.1, 0.15) is 5.75 Å². The van der Waals surface area contributed by atoms with Crippen molar-refractivity contribution in [2.75, 3.05) is 13.4 Å². The summed E-state index contributed by atoms with van der Waals surface area (Å²) in [5, 5.41) is 0. The first kappa shape index (κ1) is 10.4. The largest absolute Gasteiger partial charge is 0.496 e. The van der Waals surface area contributed by atoms with Gasteiger partial charge in [0.05, 0.1) is 7.11 Å². The average molecular weight is 197 g/mol. The van der Waals surface area contributed by atoms with E-state index in [1.165, 1.54) is 4.90 Å². The molecule has 2 nitrogen and oxygen atoms in total. The maximum atomic E-state index is 5.79. The van der Waals surface area contributed by atoms with E-state index >= 15 is 0 Å². The Morgan fingerprint density at radius 1 is 1.46 bits per heavy atom. The van der Waals surface area contributed by atoms with E-state index in [1.54, 1.807) is 18.9 Å². The van der Waals surface area contributed by atoms with Crippen molar-refractivity contribution in [3.8, 4) is 5.75 Å². The average Bonchev–Trinajstić information content (AvgIpc) is 2.16. The van der Waals surface area contributed by atoms with E-state index in [2.05, 4.69) is 6.07 Å². The third-order valence-electron chi connectivity index (χ3n) is 1.93. The SMILES string of the molecule is COc1cc(SC)ccc1C(C)N. The second-order valence-electron chi connectivity index (χ2n) is 2.90. The number of thioether (sulfide) groups is 1. The molecule has 1 atom stereocenters. The van der Waals surface area contributed by atoms with Crippen molar-refractivity contribution in [1.82, 2.24) is 0 Å². The molecule has 1 aromatic carbocycles. The lowest BCUT2D eigenvalue weighted by Gasteiger charge is -2.12. The maximum Gasteiger partial charge on any atom is 0.124 e. The zero-order valence-corrected chi connectivity index (χ0v) is 9.02. The molecular formula is C10H15NOS. The zero-order valence-electron chi connectivity index (χ0n) is 8.20. The summed E-state index contributed by atoms with van der Waals surface area (Å²) >= 11 is 1.70. The second kappa shape index (κ2) is 4.53. The van der Waals surface area contributed by atoms with Crippen LogP contribution in [0.15, 0.2) is 23.1 Å². The minimum absolute atomic E-state index is 0.0193. The van der Waals surface area contributed by atoms with Gasteiger partial charge in [0.25, 0.3) is 0 Å². The van der Waals surface area contributed by atoms with Crippen molar-refractivity contribution in [3.63, 3.8) is 0 Å². The number of hydrogen-bond donors (Lipinski definition) is 1. The van der Waals surface area contributed by atoms with E-state index < -0.39 is 0 Å². The predicted molar refractivity (Wildman–Crippen MR) is 57.4 cm³/mol. The Balaban J connectivity index is 3.08. The Kier molecular flexibility index (Phi) is 3.63. The highest BCUT2D eigenvalue weighted by atomic mass is 32.2. The van der Waals surface area contributed by atoms with Crippen molar-refractivity contribution in [1.29, 1.82) is 0 Å². The minimum Gasteiger partial charge on any atom is -0.496 e. The van der Waals surface area contributed by atoms with Crippen LogP contribution in [0.4, 0.5) is 0 Å². The van der Waals surface area contributed by atoms with E-state index in [1.807, 2.05) is 25.3 Å². The van der Waals surface area contributed by atoms with Crippen LogP contribution in [-0.2, 0) is 0 Å². The Hall–Kier alpha value is -0.670. The Morgan fingerprint density at radius 2 is 2.15 bits per heavy atom. The number of nitrogens with two attached hydrogens (primary N) is 1. The molecule has 0 aliphatic carbocycles. The van der Waals surface area contributed by atoms with Crippen LogP contribution in [0, 0.1) is 0 Å². The van der Waals surface area contributed by atoms with Crippen molar-refractivity contribution in [2.45, 2.75) is 17.9 Å². The molecule has 0 saturated heterocycles. The number of benzene rings is 1. The van der Waals surface area contributed by atoms with Gasteiger partial charge in [-0.1, -0.05) is 6.07 Å². The summed E-state index contributed by atoms with van der Waals surface area (Å²) in [4.78, 5) is 1.20. The third kappa shape index (κ3) is 2.39. The first-order valence-electron chi connectivity index (χ1n) is 4.16. The molecule has 1 rings (SSSR count). The molecule has 0 heterocycles. The fourth-order valence-corrected chi connectivity index (χ4v) is 1.62. The molecule has 3 heteroatoms. The highest BCUT2D eigenvalue weighted by Crippen LogP contribution is 2.28. The van der Waals surface area contributed by atoms with Gasteiger partial charge in [-0.05, 0) is 25.3 Å². The van der Waals surface area contributed by atoms with Crippen molar-refractivity contribution >= 4 is 11.8 Å². The molecule has 0 fully saturated rings. The lowest BCUT2D eigenvalue weighted by molar-refractivity contribution is 0.406. The van der Waals surface area contributed by atoms with Crippen LogP contribution in [0.1, 0.15) is 18.5 Å². The molecular weight excluding hydrogens is 182 g/mol. The Bertz CT molecular complexity index is 286. The van der Waals surface area contributed by atoms with Gasteiger partial charge in [-0.25, -0.2) is 0 Å². The van der Waals surface area contributed by atoms with E-state index in [-0.39, 0.29) is 6.04 Å². The number of ether oxygens (including phenoxy) is 1. The molecule has 0 spiro atoms. The molecule has 0 amide bonds. The van der Waals surface area contributed by atoms with Crippen LogP contribution in [0.25, 0.3) is 0 Å². The molecule has 72 valence electrons. The van der Waals surface area contributed by atoms with Gasteiger partial charge in [0, 0.05) is 16.5 Å². The number of rotatable bonds is 3.